The Hall–Kier alpha value is -0.0631. The van der Waals surface area contributed by atoms with Crippen molar-refractivity contribution in [1.29, 1.82) is 5.26 Å². The lowest BCUT2D eigenvalue weighted by atomic mass is 10.1. The minimum Gasteiger partial charge on any atom is -0.373 e. The lowest BCUT2D eigenvalue weighted by Crippen LogP contribution is -2.55. The van der Waals surface area contributed by atoms with Gasteiger partial charge in [0.25, 0.3) is 0 Å². The van der Waals surface area contributed by atoms with E-state index in [4.69, 9.17) is 18.5 Å². The molecule has 0 aliphatic rings. The molecule has 0 rings (SSSR count). The van der Waals surface area contributed by atoms with Crippen LogP contribution in [0.3, 0.4) is 0 Å². The lowest BCUT2D eigenvalue weighted by molar-refractivity contribution is 0.0687. The van der Waals surface area contributed by atoms with Gasteiger partial charge < -0.3 is 13.3 Å². The van der Waals surface area contributed by atoms with Gasteiger partial charge in [0.15, 0.2) is 0 Å². The van der Waals surface area contributed by atoms with Crippen molar-refractivity contribution in [3.05, 3.63) is 0 Å². The van der Waals surface area contributed by atoms with Crippen LogP contribution in [0.4, 0.5) is 0 Å². The SMILES string of the molecule is CCCCCCCC(SC#N)[Si](OCC)(OCC)OCC. The molecular weight excluding hydrogens is 302 g/mol. The van der Waals surface area contributed by atoms with Crippen molar-refractivity contribution in [2.24, 2.45) is 0 Å². The molecule has 0 aromatic rings. The standard InChI is InChI=1S/C15H31NO3SSi/c1-5-9-10-11-12-13-15(20-14-16)21(17-6-2,18-7-3)19-8-4/h15H,5-13H2,1-4H3. The molecular formula is C15H31NO3SSi. The van der Waals surface area contributed by atoms with Gasteiger partial charge in [0.1, 0.15) is 5.40 Å². The van der Waals surface area contributed by atoms with E-state index >= 15 is 0 Å². The van der Waals surface area contributed by atoms with E-state index in [0.717, 1.165) is 12.8 Å². The topological polar surface area (TPSA) is 51.5 Å². The van der Waals surface area contributed by atoms with Crippen molar-refractivity contribution in [1.82, 2.24) is 0 Å². The Morgan fingerprint density at radius 3 is 1.86 bits per heavy atom. The van der Waals surface area contributed by atoms with Gasteiger partial charge in [-0.05, 0) is 39.0 Å². The predicted octanol–water partition coefficient (Wildman–Crippen LogP) is 4.52. The molecule has 0 amide bonds. The first-order valence-corrected chi connectivity index (χ1v) is 10.8. The summed E-state index contributed by atoms with van der Waals surface area (Å²) >= 11 is 1.26. The van der Waals surface area contributed by atoms with Crippen LogP contribution in [0.25, 0.3) is 0 Å². The maximum atomic E-state index is 9.11. The summed E-state index contributed by atoms with van der Waals surface area (Å²) in [7, 11) is -2.77. The summed E-state index contributed by atoms with van der Waals surface area (Å²) in [5.41, 5.74) is 0. The molecule has 4 nitrogen and oxygen atoms in total. The van der Waals surface area contributed by atoms with Gasteiger partial charge in [0.05, 0.1) is 4.87 Å². The summed E-state index contributed by atoms with van der Waals surface area (Å²) in [5, 5.41) is 11.3. The molecule has 0 heterocycles. The molecule has 0 saturated heterocycles. The summed E-state index contributed by atoms with van der Waals surface area (Å²) in [5.74, 6) is 0. The lowest BCUT2D eigenvalue weighted by Gasteiger charge is -2.33. The maximum Gasteiger partial charge on any atom is 0.515 e. The molecule has 0 radical (unpaired) electrons. The van der Waals surface area contributed by atoms with E-state index in [1.807, 2.05) is 20.8 Å². The third-order valence-corrected chi connectivity index (χ3v) is 8.19. The largest absolute Gasteiger partial charge is 0.515 e. The van der Waals surface area contributed by atoms with Gasteiger partial charge in [0, 0.05) is 19.8 Å². The van der Waals surface area contributed by atoms with Gasteiger partial charge in [-0.15, -0.1) is 0 Å². The van der Waals surface area contributed by atoms with Crippen LogP contribution >= 0.6 is 11.8 Å². The average molecular weight is 334 g/mol. The van der Waals surface area contributed by atoms with Gasteiger partial charge in [-0.25, -0.2) is 0 Å². The Balaban J connectivity index is 4.73. The average Bonchev–Trinajstić information content (AvgIpc) is 2.46. The third kappa shape index (κ3) is 8.22. The molecule has 0 saturated carbocycles. The van der Waals surface area contributed by atoms with Crippen molar-refractivity contribution in [3.63, 3.8) is 0 Å². The van der Waals surface area contributed by atoms with E-state index in [2.05, 4.69) is 12.3 Å². The predicted molar refractivity (Wildman–Crippen MR) is 91.0 cm³/mol. The van der Waals surface area contributed by atoms with Crippen molar-refractivity contribution in [2.75, 3.05) is 19.8 Å². The van der Waals surface area contributed by atoms with Crippen LogP contribution in [-0.2, 0) is 13.3 Å². The van der Waals surface area contributed by atoms with Crippen LogP contribution in [0.2, 0.25) is 0 Å². The van der Waals surface area contributed by atoms with Crippen LogP contribution in [0, 0.1) is 10.7 Å². The smallest absolute Gasteiger partial charge is 0.373 e. The minimum atomic E-state index is -2.77. The number of thiocyanates is 1. The maximum absolute atomic E-state index is 9.11. The first-order valence-electron chi connectivity index (χ1n) is 8.17. The highest BCUT2D eigenvalue weighted by Gasteiger charge is 2.49. The van der Waals surface area contributed by atoms with E-state index in [1.165, 1.54) is 37.4 Å². The summed E-state index contributed by atoms with van der Waals surface area (Å²) in [6, 6.07) is 0. The first-order chi connectivity index (χ1) is 10.2. The van der Waals surface area contributed by atoms with Gasteiger partial charge in [-0.2, -0.15) is 5.26 Å². The molecule has 0 aromatic carbocycles. The molecule has 0 N–H and O–H groups in total. The second-order valence-corrected chi connectivity index (χ2v) is 8.98. The molecule has 6 heteroatoms. The monoisotopic (exact) mass is 333 g/mol. The highest BCUT2D eigenvalue weighted by molar-refractivity contribution is 8.05. The van der Waals surface area contributed by atoms with Crippen LogP contribution in [0.5, 0.6) is 0 Å². The fraction of sp³-hybridized carbons (Fsp3) is 0.933. The second kappa shape index (κ2) is 13.6. The van der Waals surface area contributed by atoms with Gasteiger partial charge in [-0.3, -0.25) is 0 Å². The number of nitrogens with zero attached hydrogens (tertiary/aromatic N) is 1. The van der Waals surface area contributed by atoms with Crippen LogP contribution in [0.1, 0.15) is 66.2 Å². The highest BCUT2D eigenvalue weighted by atomic mass is 32.2. The van der Waals surface area contributed by atoms with Crippen LogP contribution in [-0.4, -0.2) is 33.5 Å². The molecule has 124 valence electrons. The fourth-order valence-electron chi connectivity index (χ4n) is 2.31. The molecule has 0 aromatic heterocycles. The number of rotatable bonds is 14. The van der Waals surface area contributed by atoms with E-state index < -0.39 is 8.80 Å². The molecule has 0 aliphatic carbocycles. The minimum absolute atomic E-state index is 0.0176. The van der Waals surface area contributed by atoms with E-state index in [0.29, 0.717) is 19.8 Å². The van der Waals surface area contributed by atoms with Crippen molar-refractivity contribution in [3.8, 4) is 5.40 Å². The molecule has 1 unspecified atom stereocenters. The molecule has 0 bridgehead atoms. The summed E-state index contributed by atoms with van der Waals surface area (Å²) in [4.78, 5) is 0.0176. The highest BCUT2D eigenvalue weighted by Crippen LogP contribution is 2.30. The number of nitriles is 1. The zero-order valence-corrected chi connectivity index (χ0v) is 15.8. The van der Waals surface area contributed by atoms with Crippen LogP contribution in [0.15, 0.2) is 0 Å². The van der Waals surface area contributed by atoms with Gasteiger partial charge >= 0.3 is 8.80 Å². The molecule has 21 heavy (non-hydrogen) atoms. The van der Waals surface area contributed by atoms with E-state index in [1.54, 1.807) is 0 Å². The van der Waals surface area contributed by atoms with E-state index in [-0.39, 0.29) is 4.87 Å². The number of hydrogen-bond donors (Lipinski definition) is 0. The zero-order chi connectivity index (χ0) is 16.0. The quantitative estimate of drug-likeness (QED) is 0.266. The van der Waals surface area contributed by atoms with Crippen molar-refractivity contribution >= 4 is 20.6 Å². The Morgan fingerprint density at radius 1 is 0.905 bits per heavy atom. The van der Waals surface area contributed by atoms with Crippen molar-refractivity contribution in [2.45, 2.75) is 71.1 Å². The summed E-state index contributed by atoms with van der Waals surface area (Å²) < 4.78 is 17.8. The van der Waals surface area contributed by atoms with E-state index in [9.17, 15) is 0 Å². The number of hydrogen-bond acceptors (Lipinski definition) is 5. The van der Waals surface area contributed by atoms with Crippen LogP contribution < -0.4 is 0 Å². The molecule has 0 aliphatic heterocycles. The Bertz CT molecular complexity index is 270. The second-order valence-electron chi connectivity index (χ2n) is 4.80. The number of unbranched alkanes of at least 4 members (excludes halogenated alkanes) is 4. The normalized spacial score (nSPS) is 13.1. The zero-order valence-electron chi connectivity index (χ0n) is 14.0. The fourth-order valence-corrected chi connectivity index (χ4v) is 6.64. The third-order valence-electron chi connectivity index (χ3n) is 3.20. The Morgan fingerprint density at radius 2 is 1.43 bits per heavy atom. The van der Waals surface area contributed by atoms with Crippen molar-refractivity contribution < 1.29 is 13.3 Å². The Kier molecular flexibility index (Phi) is 13.5. The van der Waals surface area contributed by atoms with Gasteiger partial charge in [0.2, 0.25) is 0 Å². The van der Waals surface area contributed by atoms with Gasteiger partial charge in [-0.1, -0.05) is 39.0 Å². The number of thioether (sulfide) groups is 1. The molecule has 0 fully saturated rings. The summed E-state index contributed by atoms with van der Waals surface area (Å²) in [6.45, 7) is 9.75. The summed E-state index contributed by atoms with van der Waals surface area (Å²) in [6.07, 6.45) is 7.00. The molecule has 1 atom stereocenters. The Labute approximate surface area is 135 Å². The first kappa shape index (κ1) is 20.9. The molecule has 0 spiro atoms.